The molecule has 2 rings (SSSR count). The lowest BCUT2D eigenvalue weighted by Gasteiger charge is -2.04. The number of unbranched alkanes of at least 4 members (excludes halogenated alkanes) is 1. The van der Waals surface area contributed by atoms with Crippen LogP contribution in [0.25, 0.3) is 4.96 Å². The molecule has 0 saturated carbocycles. The number of aromatic nitrogens is 2. The Labute approximate surface area is 114 Å². The number of terminal acetylenes is 1. The van der Waals surface area contributed by atoms with E-state index in [-0.39, 0.29) is 16.7 Å². The topological polar surface area (TPSA) is 63.5 Å². The molecule has 8 heteroatoms. The number of halogens is 1. The first kappa shape index (κ1) is 13.4. The van der Waals surface area contributed by atoms with Crippen LogP contribution < -0.4 is 4.72 Å². The third kappa shape index (κ3) is 2.52. The van der Waals surface area contributed by atoms with E-state index in [1.165, 1.54) is 15.7 Å². The first-order valence-corrected chi connectivity index (χ1v) is 7.84. The molecule has 0 atom stereocenters. The molecule has 2 heterocycles. The highest BCUT2D eigenvalue weighted by molar-refractivity contribution is 7.89. The second-order valence-corrected chi connectivity index (χ2v) is 6.38. The van der Waals surface area contributed by atoms with Crippen LogP contribution in [0.3, 0.4) is 0 Å². The normalized spacial score (nSPS) is 11.8. The molecule has 0 aliphatic heterocycles. The third-order valence-corrected chi connectivity index (χ3v) is 4.84. The van der Waals surface area contributed by atoms with Crippen molar-refractivity contribution < 1.29 is 8.42 Å². The summed E-state index contributed by atoms with van der Waals surface area (Å²) < 4.78 is 28.1. The molecule has 0 saturated heterocycles. The number of sulfonamides is 1. The molecule has 5 nitrogen and oxygen atoms in total. The predicted octanol–water partition coefficient (Wildman–Crippen LogP) is 1.74. The van der Waals surface area contributed by atoms with E-state index in [1.807, 2.05) is 0 Å². The van der Waals surface area contributed by atoms with E-state index in [0.717, 1.165) is 0 Å². The standard InChI is InChI=1S/C10H10ClN3O2S2/c1-2-3-4-5-12-18(15,16)9-8(11)13-10-14(9)6-7-17-10/h1,6-7,12H,3-5H2. The summed E-state index contributed by atoms with van der Waals surface area (Å²) in [6, 6.07) is 0. The zero-order chi connectivity index (χ0) is 13.2. The summed E-state index contributed by atoms with van der Waals surface area (Å²) in [4.78, 5) is 4.52. The zero-order valence-corrected chi connectivity index (χ0v) is 11.6. The van der Waals surface area contributed by atoms with E-state index in [2.05, 4.69) is 15.6 Å². The summed E-state index contributed by atoms with van der Waals surface area (Å²) in [5, 5.41) is 1.70. The minimum absolute atomic E-state index is 0.0219. The molecule has 2 aromatic heterocycles. The fourth-order valence-electron chi connectivity index (χ4n) is 1.44. The van der Waals surface area contributed by atoms with Gasteiger partial charge in [0, 0.05) is 24.5 Å². The van der Waals surface area contributed by atoms with E-state index in [0.29, 0.717) is 17.8 Å². The fraction of sp³-hybridized carbons (Fsp3) is 0.300. The van der Waals surface area contributed by atoms with E-state index < -0.39 is 10.0 Å². The molecule has 0 radical (unpaired) electrons. The minimum atomic E-state index is -3.67. The van der Waals surface area contributed by atoms with Crippen molar-refractivity contribution in [3.63, 3.8) is 0 Å². The Morgan fingerprint density at radius 3 is 3.11 bits per heavy atom. The molecule has 0 fully saturated rings. The van der Waals surface area contributed by atoms with Crippen molar-refractivity contribution in [2.45, 2.75) is 17.9 Å². The maximum atomic E-state index is 12.1. The van der Waals surface area contributed by atoms with Crippen molar-refractivity contribution >= 4 is 37.9 Å². The molecule has 0 aliphatic rings. The Morgan fingerprint density at radius 1 is 1.61 bits per heavy atom. The molecule has 2 aromatic rings. The van der Waals surface area contributed by atoms with Crippen molar-refractivity contribution in [2.75, 3.05) is 6.54 Å². The quantitative estimate of drug-likeness (QED) is 0.676. The molecule has 0 amide bonds. The van der Waals surface area contributed by atoms with Crippen LogP contribution in [0.2, 0.25) is 5.15 Å². The smallest absolute Gasteiger partial charge is 0.259 e. The van der Waals surface area contributed by atoms with E-state index >= 15 is 0 Å². The van der Waals surface area contributed by atoms with Crippen LogP contribution in [-0.4, -0.2) is 24.3 Å². The number of rotatable bonds is 5. The highest BCUT2D eigenvalue weighted by Gasteiger charge is 2.24. The lowest BCUT2D eigenvalue weighted by molar-refractivity contribution is 0.575. The molecule has 0 spiro atoms. The Balaban J connectivity index is 2.26. The van der Waals surface area contributed by atoms with Crippen LogP contribution >= 0.6 is 22.9 Å². The molecule has 0 aliphatic carbocycles. The molecule has 18 heavy (non-hydrogen) atoms. The minimum Gasteiger partial charge on any atom is -0.279 e. The van der Waals surface area contributed by atoms with Gasteiger partial charge in [0.25, 0.3) is 10.0 Å². The van der Waals surface area contributed by atoms with Gasteiger partial charge < -0.3 is 0 Å². The summed E-state index contributed by atoms with van der Waals surface area (Å²) in [6.07, 6.45) is 7.82. The van der Waals surface area contributed by atoms with Gasteiger partial charge in [0.15, 0.2) is 15.1 Å². The largest absolute Gasteiger partial charge is 0.279 e. The number of hydrogen-bond acceptors (Lipinski definition) is 4. The van der Waals surface area contributed by atoms with Crippen molar-refractivity contribution in [1.29, 1.82) is 0 Å². The lowest BCUT2D eigenvalue weighted by Crippen LogP contribution is -2.26. The van der Waals surface area contributed by atoms with E-state index in [4.69, 9.17) is 18.0 Å². The van der Waals surface area contributed by atoms with Gasteiger partial charge in [-0.25, -0.2) is 18.1 Å². The maximum absolute atomic E-state index is 12.1. The lowest BCUT2D eigenvalue weighted by atomic mass is 10.3. The van der Waals surface area contributed by atoms with Gasteiger partial charge in [-0.3, -0.25) is 4.40 Å². The molecule has 96 valence electrons. The number of imidazole rings is 1. The van der Waals surface area contributed by atoms with E-state index in [1.54, 1.807) is 11.6 Å². The Kier molecular flexibility index (Phi) is 3.92. The molecule has 0 bridgehead atoms. The van der Waals surface area contributed by atoms with Crippen molar-refractivity contribution in [2.24, 2.45) is 0 Å². The molecule has 0 unspecified atom stereocenters. The van der Waals surface area contributed by atoms with Crippen LogP contribution in [0.15, 0.2) is 16.6 Å². The number of thiazole rings is 1. The molecular weight excluding hydrogens is 294 g/mol. The van der Waals surface area contributed by atoms with Crippen LogP contribution in [0, 0.1) is 12.3 Å². The van der Waals surface area contributed by atoms with Gasteiger partial charge >= 0.3 is 0 Å². The van der Waals surface area contributed by atoms with Crippen LogP contribution in [-0.2, 0) is 10.0 Å². The summed E-state index contributed by atoms with van der Waals surface area (Å²) in [6.45, 7) is 0.278. The number of fused-ring (bicyclic) bond motifs is 1. The molecular formula is C10H10ClN3O2S2. The zero-order valence-electron chi connectivity index (χ0n) is 9.26. The van der Waals surface area contributed by atoms with Gasteiger partial charge in [0.05, 0.1) is 0 Å². The Morgan fingerprint density at radius 2 is 2.39 bits per heavy atom. The molecule has 0 aromatic carbocycles. The van der Waals surface area contributed by atoms with Crippen LogP contribution in [0.5, 0.6) is 0 Å². The second-order valence-electron chi connectivity index (χ2n) is 3.47. The van der Waals surface area contributed by atoms with Crippen molar-refractivity contribution in [1.82, 2.24) is 14.1 Å². The number of nitrogens with one attached hydrogen (secondary N) is 1. The average molecular weight is 304 g/mol. The summed E-state index contributed by atoms with van der Waals surface area (Å²) in [5.74, 6) is 2.45. The highest BCUT2D eigenvalue weighted by atomic mass is 35.5. The van der Waals surface area contributed by atoms with Crippen molar-refractivity contribution in [3.05, 3.63) is 16.7 Å². The average Bonchev–Trinajstić information content (AvgIpc) is 2.83. The fourth-order valence-corrected chi connectivity index (χ4v) is 3.97. The van der Waals surface area contributed by atoms with Gasteiger partial charge in [-0.15, -0.1) is 23.7 Å². The maximum Gasteiger partial charge on any atom is 0.259 e. The molecule has 1 N–H and O–H groups in total. The third-order valence-electron chi connectivity index (χ3n) is 2.22. The highest BCUT2D eigenvalue weighted by Crippen LogP contribution is 2.25. The number of hydrogen-bond donors (Lipinski definition) is 1. The Hall–Kier alpha value is -1.07. The Bertz CT molecular complexity index is 696. The van der Waals surface area contributed by atoms with Crippen molar-refractivity contribution in [3.8, 4) is 12.3 Å². The van der Waals surface area contributed by atoms with Gasteiger partial charge in [-0.1, -0.05) is 11.6 Å². The summed E-state index contributed by atoms with van der Waals surface area (Å²) >= 11 is 7.18. The first-order chi connectivity index (χ1) is 8.56. The summed E-state index contributed by atoms with van der Waals surface area (Å²) in [5.41, 5.74) is 0. The van der Waals surface area contributed by atoms with Crippen LogP contribution in [0.4, 0.5) is 0 Å². The first-order valence-electron chi connectivity index (χ1n) is 5.10. The second kappa shape index (κ2) is 5.28. The van der Waals surface area contributed by atoms with Gasteiger partial charge in [0.1, 0.15) is 0 Å². The summed E-state index contributed by atoms with van der Waals surface area (Å²) in [7, 11) is -3.67. The van der Waals surface area contributed by atoms with Gasteiger partial charge in [-0.2, -0.15) is 0 Å². The monoisotopic (exact) mass is 303 g/mol. The SMILES string of the molecule is C#CCCCNS(=O)(=O)c1c(Cl)nc2sccn12. The predicted molar refractivity (Wildman–Crippen MR) is 71.3 cm³/mol. The van der Waals surface area contributed by atoms with Crippen LogP contribution in [0.1, 0.15) is 12.8 Å². The van der Waals surface area contributed by atoms with Gasteiger partial charge in [0.2, 0.25) is 0 Å². The van der Waals surface area contributed by atoms with E-state index in [9.17, 15) is 8.42 Å². The number of nitrogens with zero attached hydrogens (tertiary/aromatic N) is 2. The van der Waals surface area contributed by atoms with Gasteiger partial charge in [-0.05, 0) is 6.42 Å².